The number of hydrogen-bond acceptors (Lipinski definition) is 3. The third-order valence-corrected chi connectivity index (χ3v) is 5.87. The van der Waals surface area contributed by atoms with E-state index < -0.39 is 0 Å². The van der Waals surface area contributed by atoms with Crippen LogP contribution >= 0.6 is 0 Å². The van der Waals surface area contributed by atoms with Gasteiger partial charge in [-0.1, -0.05) is 24.3 Å². The number of halogens is 1. The standard InChI is InChI=1S/C25H25FN4O2/c1-15-7-5-8-16(2)23(15)28-21(31)11-12-29-14-27-24-22(25(29)32)17(3)18(4)30(24)20-10-6-9-19(26)13-20/h5-10,13-14H,11-12H2,1-4H3,(H,28,31). The van der Waals surface area contributed by atoms with E-state index in [2.05, 4.69) is 10.3 Å². The van der Waals surface area contributed by atoms with Crippen molar-refractivity contribution >= 4 is 22.6 Å². The van der Waals surface area contributed by atoms with Crippen molar-refractivity contribution in [2.45, 2.75) is 40.7 Å². The van der Waals surface area contributed by atoms with Gasteiger partial charge in [0.05, 0.1) is 17.4 Å². The Hall–Kier alpha value is -3.74. The minimum absolute atomic E-state index is 0.142. The summed E-state index contributed by atoms with van der Waals surface area (Å²) in [6.07, 6.45) is 1.59. The van der Waals surface area contributed by atoms with Crippen molar-refractivity contribution in [1.29, 1.82) is 0 Å². The highest BCUT2D eigenvalue weighted by atomic mass is 19.1. The fraction of sp³-hybridized carbons (Fsp3) is 0.240. The van der Waals surface area contributed by atoms with Crippen LogP contribution in [0, 0.1) is 33.5 Å². The molecule has 0 saturated heterocycles. The van der Waals surface area contributed by atoms with Gasteiger partial charge in [0.1, 0.15) is 5.82 Å². The number of fused-ring (bicyclic) bond motifs is 1. The molecule has 2 aromatic carbocycles. The van der Waals surface area contributed by atoms with Crippen LogP contribution in [-0.2, 0) is 11.3 Å². The number of carbonyl (C=O) groups excluding carboxylic acids is 1. The van der Waals surface area contributed by atoms with E-state index in [1.807, 2.05) is 45.9 Å². The van der Waals surface area contributed by atoms with Gasteiger partial charge in [-0.15, -0.1) is 0 Å². The molecule has 0 fully saturated rings. The van der Waals surface area contributed by atoms with Gasteiger partial charge < -0.3 is 5.32 Å². The first-order valence-corrected chi connectivity index (χ1v) is 10.5. The maximum absolute atomic E-state index is 13.8. The molecular weight excluding hydrogens is 407 g/mol. The van der Waals surface area contributed by atoms with Crippen LogP contribution in [0.25, 0.3) is 16.7 Å². The summed E-state index contributed by atoms with van der Waals surface area (Å²) in [5, 5.41) is 3.42. The van der Waals surface area contributed by atoms with E-state index in [0.29, 0.717) is 16.7 Å². The summed E-state index contributed by atoms with van der Waals surface area (Å²) >= 11 is 0. The summed E-state index contributed by atoms with van der Waals surface area (Å²) in [6, 6.07) is 12.0. The highest BCUT2D eigenvalue weighted by molar-refractivity contribution is 5.92. The molecule has 6 nitrogen and oxygen atoms in total. The molecule has 0 radical (unpaired) electrons. The van der Waals surface area contributed by atoms with Crippen LogP contribution in [0.4, 0.5) is 10.1 Å². The number of nitrogens with zero attached hydrogens (tertiary/aromatic N) is 3. The largest absolute Gasteiger partial charge is 0.326 e. The van der Waals surface area contributed by atoms with E-state index >= 15 is 0 Å². The second-order valence-corrected chi connectivity index (χ2v) is 8.03. The fourth-order valence-corrected chi connectivity index (χ4v) is 4.01. The van der Waals surface area contributed by atoms with Gasteiger partial charge in [-0.25, -0.2) is 9.37 Å². The molecule has 32 heavy (non-hydrogen) atoms. The molecule has 0 aliphatic heterocycles. The summed E-state index contributed by atoms with van der Waals surface area (Å²) < 4.78 is 17.0. The second kappa shape index (κ2) is 8.42. The van der Waals surface area contributed by atoms with E-state index in [4.69, 9.17) is 0 Å². The van der Waals surface area contributed by atoms with Crippen molar-refractivity contribution in [3.63, 3.8) is 0 Å². The van der Waals surface area contributed by atoms with Gasteiger partial charge in [-0.3, -0.25) is 18.7 Å². The van der Waals surface area contributed by atoms with Gasteiger partial charge in [-0.2, -0.15) is 0 Å². The zero-order valence-corrected chi connectivity index (χ0v) is 18.6. The molecule has 0 saturated carbocycles. The monoisotopic (exact) mass is 432 g/mol. The first-order valence-electron chi connectivity index (χ1n) is 10.5. The number of anilines is 1. The van der Waals surface area contributed by atoms with Gasteiger partial charge in [0.2, 0.25) is 5.91 Å². The molecule has 0 aliphatic carbocycles. The summed E-state index contributed by atoms with van der Waals surface area (Å²) in [7, 11) is 0. The van der Waals surface area contributed by atoms with Crippen molar-refractivity contribution in [2.75, 3.05) is 5.32 Å². The molecule has 164 valence electrons. The molecule has 0 unspecified atom stereocenters. The lowest BCUT2D eigenvalue weighted by molar-refractivity contribution is -0.116. The minimum atomic E-state index is -0.357. The van der Waals surface area contributed by atoms with Crippen molar-refractivity contribution in [3.8, 4) is 5.69 Å². The highest BCUT2D eigenvalue weighted by Gasteiger charge is 2.18. The highest BCUT2D eigenvalue weighted by Crippen LogP contribution is 2.25. The lowest BCUT2D eigenvalue weighted by Gasteiger charge is -2.12. The number of para-hydroxylation sites is 1. The molecule has 0 atom stereocenters. The van der Waals surface area contributed by atoms with Gasteiger partial charge in [0, 0.05) is 24.3 Å². The Morgan fingerprint density at radius 3 is 2.44 bits per heavy atom. The predicted octanol–water partition coefficient (Wildman–Crippen LogP) is 4.59. The average Bonchev–Trinajstić information content (AvgIpc) is 3.01. The molecule has 1 N–H and O–H groups in total. The third-order valence-electron chi connectivity index (χ3n) is 5.87. The fourth-order valence-electron chi connectivity index (χ4n) is 4.01. The number of rotatable bonds is 5. The Bertz CT molecular complexity index is 1380. The average molecular weight is 432 g/mol. The molecule has 0 aliphatic rings. The van der Waals surface area contributed by atoms with Crippen molar-refractivity contribution in [3.05, 3.63) is 87.3 Å². The maximum atomic E-state index is 13.8. The number of aryl methyl sites for hydroxylation is 4. The van der Waals surface area contributed by atoms with Crippen LogP contribution < -0.4 is 10.9 Å². The zero-order chi connectivity index (χ0) is 23.0. The minimum Gasteiger partial charge on any atom is -0.326 e. The van der Waals surface area contributed by atoms with Crippen LogP contribution in [0.5, 0.6) is 0 Å². The molecule has 4 aromatic rings. The smallest absolute Gasteiger partial charge is 0.263 e. The van der Waals surface area contributed by atoms with Crippen LogP contribution in [-0.4, -0.2) is 20.0 Å². The van der Waals surface area contributed by atoms with Crippen molar-refractivity contribution < 1.29 is 9.18 Å². The summed E-state index contributed by atoms with van der Waals surface area (Å²) in [4.78, 5) is 30.2. The lowest BCUT2D eigenvalue weighted by atomic mass is 10.1. The Morgan fingerprint density at radius 1 is 1.06 bits per heavy atom. The predicted molar refractivity (Wildman–Crippen MR) is 124 cm³/mol. The molecular formula is C25H25FN4O2. The van der Waals surface area contributed by atoms with E-state index in [0.717, 1.165) is 28.1 Å². The first kappa shape index (κ1) is 21.5. The number of nitrogens with one attached hydrogen (secondary N) is 1. The number of aromatic nitrogens is 3. The van der Waals surface area contributed by atoms with E-state index in [1.54, 1.807) is 16.7 Å². The number of amides is 1. The topological polar surface area (TPSA) is 68.9 Å². The molecule has 7 heteroatoms. The molecule has 0 spiro atoms. The summed E-state index contributed by atoms with van der Waals surface area (Å²) in [6.45, 7) is 7.83. The van der Waals surface area contributed by atoms with Gasteiger partial charge >= 0.3 is 0 Å². The third kappa shape index (κ3) is 3.82. The van der Waals surface area contributed by atoms with Crippen LogP contribution in [0.15, 0.2) is 53.6 Å². The van der Waals surface area contributed by atoms with Gasteiger partial charge in [-0.05, 0) is 62.6 Å². The normalized spacial score (nSPS) is 11.2. The Labute approximate surface area is 185 Å². The second-order valence-electron chi connectivity index (χ2n) is 8.03. The van der Waals surface area contributed by atoms with Crippen LogP contribution in [0.3, 0.4) is 0 Å². The molecule has 4 rings (SSSR count). The van der Waals surface area contributed by atoms with E-state index in [-0.39, 0.29) is 30.2 Å². The molecule has 2 heterocycles. The van der Waals surface area contributed by atoms with Gasteiger partial charge in [0.15, 0.2) is 5.65 Å². The Morgan fingerprint density at radius 2 is 1.75 bits per heavy atom. The van der Waals surface area contributed by atoms with Crippen LogP contribution in [0.1, 0.15) is 28.8 Å². The summed E-state index contributed by atoms with van der Waals surface area (Å²) in [5.41, 5.74) is 5.26. The summed E-state index contributed by atoms with van der Waals surface area (Å²) in [5.74, 6) is -0.524. The first-order chi connectivity index (χ1) is 15.3. The number of hydrogen-bond donors (Lipinski definition) is 1. The van der Waals surface area contributed by atoms with Crippen molar-refractivity contribution in [2.24, 2.45) is 0 Å². The molecule has 2 aromatic heterocycles. The van der Waals surface area contributed by atoms with Crippen LogP contribution in [0.2, 0.25) is 0 Å². The number of carbonyl (C=O) groups is 1. The van der Waals surface area contributed by atoms with E-state index in [9.17, 15) is 14.0 Å². The molecule has 1 amide bonds. The van der Waals surface area contributed by atoms with Gasteiger partial charge in [0.25, 0.3) is 5.56 Å². The Balaban J connectivity index is 1.63. The maximum Gasteiger partial charge on any atom is 0.263 e. The van der Waals surface area contributed by atoms with E-state index in [1.165, 1.54) is 23.0 Å². The SMILES string of the molecule is Cc1cccc(C)c1NC(=O)CCn1cnc2c(c(C)c(C)n2-c2cccc(F)c2)c1=O. The quantitative estimate of drug-likeness (QED) is 0.502. The lowest BCUT2D eigenvalue weighted by Crippen LogP contribution is -2.24. The molecule has 0 bridgehead atoms. The number of benzene rings is 2. The zero-order valence-electron chi connectivity index (χ0n) is 18.6. The van der Waals surface area contributed by atoms with Crippen molar-refractivity contribution in [1.82, 2.24) is 14.1 Å². The Kier molecular flexibility index (Phi) is 5.65.